The molecule has 1 aliphatic carbocycles. The zero-order chi connectivity index (χ0) is 12.8. The van der Waals surface area contributed by atoms with Crippen molar-refractivity contribution in [2.24, 2.45) is 5.92 Å². The van der Waals surface area contributed by atoms with Crippen LogP contribution in [0.25, 0.3) is 6.08 Å². The second-order valence-corrected chi connectivity index (χ2v) is 5.20. The Morgan fingerprint density at radius 3 is 2.89 bits per heavy atom. The van der Waals surface area contributed by atoms with E-state index in [1.807, 2.05) is 13.1 Å². The number of likely N-dealkylation sites (N-methyl/N-ethyl adjacent to an activating group) is 1. The fraction of sp³-hybridized carbons (Fsp3) is 0.714. The first-order valence-corrected chi connectivity index (χ1v) is 6.96. The van der Waals surface area contributed by atoms with Gasteiger partial charge in [-0.25, -0.2) is 0 Å². The summed E-state index contributed by atoms with van der Waals surface area (Å²) in [6, 6.07) is 0.373. The van der Waals surface area contributed by atoms with Gasteiger partial charge in [-0.05, 0) is 38.8 Å². The van der Waals surface area contributed by atoms with Crippen LogP contribution in [0.15, 0.2) is 10.6 Å². The van der Waals surface area contributed by atoms with Crippen LogP contribution in [0, 0.1) is 5.92 Å². The van der Waals surface area contributed by atoms with E-state index >= 15 is 0 Å². The van der Waals surface area contributed by atoms with Gasteiger partial charge in [-0.1, -0.05) is 30.5 Å². The van der Waals surface area contributed by atoms with E-state index in [0.717, 1.165) is 12.2 Å². The molecule has 0 radical (unpaired) electrons. The van der Waals surface area contributed by atoms with Crippen LogP contribution in [-0.4, -0.2) is 23.2 Å². The minimum absolute atomic E-state index is 0.373. The van der Waals surface area contributed by atoms with Crippen molar-refractivity contribution in [2.75, 3.05) is 7.05 Å². The van der Waals surface area contributed by atoms with Crippen LogP contribution in [-0.2, 0) is 6.42 Å². The summed E-state index contributed by atoms with van der Waals surface area (Å²) in [4.78, 5) is 4.38. The lowest BCUT2D eigenvalue weighted by atomic mass is 9.89. The maximum absolute atomic E-state index is 5.23. The predicted molar refractivity (Wildman–Crippen MR) is 72.1 cm³/mol. The fourth-order valence-electron chi connectivity index (χ4n) is 2.34. The molecule has 18 heavy (non-hydrogen) atoms. The van der Waals surface area contributed by atoms with E-state index in [0.29, 0.717) is 17.9 Å². The van der Waals surface area contributed by atoms with Crippen LogP contribution < -0.4 is 5.32 Å². The first-order valence-electron chi connectivity index (χ1n) is 6.96. The lowest BCUT2D eigenvalue weighted by Gasteiger charge is -2.17. The van der Waals surface area contributed by atoms with Gasteiger partial charge in [0.1, 0.15) is 0 Å². The van der Waals surface area contributed by atoms with E-state index in [9.17, 15) is 0 Å². The van der Waals surface area contributed by atoms with E-state index < -0.39 is 0 Å². The molecule has 0 bridgehead atoms. The third-order valence-corrected chi connectivity index (χ3v) is 3.63. The zero-order valence-corrected chi connectivity index (χ0v) is 11.4. The first-order chi connectivity index (χ1) is 8.78. The van der Waals surface area contributed by atoms with Gasteiger partial charge in [0, 0.05) is 12.5 Å². The summed E-state index contributed by atoms with van der Waals surface area (Å²) in [5.41, 5.74) is 0. The highest BCUT2D eigenvalue weighted by atomic mass is 16.5. The Kier molecular flexibility index (Phi) is 4.93. The Hall–Kier alpha value is -1.16. The third-order valence-electron chi connectivity index (χ3n) is 3.63. The fourth-order valence-corrected chi connectivity index (χ4v) is 2.34. The maximum atomic E-state index is 5.23. The third kappa shape index (κ3) is 3.95. The number of aromatic nitrogens is 2. The van der Waals surface area contributed by atoms with E-state index in [4.69, 9.17) is 4.52 Å². The number of hydrogen-bond acceptors (Lipinski definition) is 4. The van der Waals surface area contributed by atoms with Gasteiger partial charge in [-0.3, -0.25) is 0 Å². The van der Waals surface area contributed by atoms with Crippen molar-refractivity contribution in [1.29, 1.82) is 0 Å². The molecule has 1 aromatic rings. The molecule has 1 aromatic heterocycles. The molecular formula is C14H23N3O. The standard InChI is InChI=1S/C14H23N3O/c1-11(15-2)10-13-16-14(18-17-13)9-8-12-6-4-3-5-7-12/h8-9,11-12,15H,3-7,10H2,1-2H3/b9-8+. The largest absolute Gasteiger partial charge is 0.335 e. The van der Waals surface area contributed by atoms with Crippen molar-refractivity contribution in [3.05, 3.63) is 17.8 Å². The molecule has 0 spiro atoms. The Morgan fingerprint density at radius 2 is 2.17 bits per heavy atom. The summed E-state index contributed by atoms with van der Waals surface area (Å²) in [7, 11) is 1.94. The number of nitrogens with zero attached hydrogens (tertiary/aromatic N) is 2. The summed E-state index contributed by atoms with van der Waals surface area (Å²) < 4.78 is 5.23. The molecule has 1 aliphatic rings. The van der Waals surface area contributed by atoms with Gasteiger partial charge in [0.05, 0.1) is 0 Å². The minimum Gasteiger partial charge on any atom is -0.335 e. The lowest BCUT2D eigenvalue weighted by Crippen LogP contribution is -2.24. The van der Waals surface area contributed by atoms with Gasteiger partial charge in [0.2, 0.25) is 5.89 Å². The van der Waals surface area contributed by atoms with E-state index in [1.54, 1.807) is 0 Å². The smallest absolute Gasteiger partial charge is 0.250 e. The summed E-state index contributed by atoms with van der Waals surface area (Å²) in [5, 5.41) is 7.16. The van der Waals surface area contributed by atoms with Gasteiger partial charge in [0.25, 0.3) is 0 Å². The molecule has 0 amide bonds. The number of hydrogen-bond donors (Lipinski definition) is 1. The van der Waals surface area contributed by atoms with Gasteiger partial charge >= 0.3 is 0 Å². The van der Waals surface area contributed by atoms with Crippen LogP contribution in [0.5, 0.6) is 0 Å². The molecule has 100 valence electrons. The van der Waals surface area contributed by atoms with Gasteiger partial charge in [-0.15, -0.1) is 0 Å². The average molecular weight is 249 g/mol. The molecule has 1 unspecified atom stereocenters. The summed E-state index contributed by atoms with van der Waals surface area (Å²) in [6.07, 6.45) is 11.7. The topological polar surface area (TPSA) is 51.0 Å². The molecule has 1 saturated carbocycles. The highest BCUT2D eigenvalue weighted by molar-refractivity contribution is 5.37. The molecule has 1 atom stereocenters. The quantitative estimate of drug-likeness (QED) is 0.871. The second kappa shape index (κ2) is 6.69. The molecule has 4 nitrogen and oxygen atoms in total. The van der Waals surface area contributed by atoms with E-state index in [-0.39, 0.29) is 0 Å². The van der Waals surface area contributed by atoms with Crippen molar-refractivity contribution in [3.8, 4) is 0 Å². The minimum atomic E-state index is 0.373. The van der Waals surface area contributed by atoms with Gasteiger partial charge in [0.15, 0.2) is 5.82 Å². The highest BCUT2D eigenvalue weighted by Gasteiger charge is 2.11. The molecule has 0 aromatic carbocycles. The Labute approximate surface area is 109 Å². The molecule has 4 heteroatoms. The predicted octanol–water partition coefficient (Wildman–Crippen LogP) is 2.81. The van der Waals surface area contributed by atoms with Crippen molar-refractivity contribution >= 4 is 6.08 Å². The Balaban J connectivity index is 1.87. The number of nitrogens with one attached hydrogen (secondary N) is 1. The lowest BCUT2D eigenvalue weighted by molar-refractivity contribution is 0.397. The van der Waals surface area contributed by atoms with Crippen LogP contribution >= 0.6 is 0 Å². The second-order valence-electron chi connectivity index (χ2n) is 5.20. The first kappa shape index (κ1) is 13.3. The maximum Gasteiger partial charge on any atom is 0.250 e. The van der Waals surface area contributed by atoms with Crippen molar-refractivity contribution < 1.29 is 4.52 Å². The van der Waals surface area contributed by atoms with Gasteiger partial charge < -0.3 is 9.84 Å². The van der Waals surface area contributed by atoms with Gasteiger partial charge in [-0.2, -0.15) is 4.98 Å². The Morgan fingerprint density at radius 1 is 1.39 bits per heavy atom. The van der Waals surface area contributed by atoms with Crippen LogP contribution in [0.4, 0.5) is 0 Å². The summed E-state index contributed by atoms with van der Waals surface area (Å²) in [6.45, 7) is 2.11. The van der Waals surface area contributed by atoms with Crippen molar-refractivity contribution in [1.82, 2.24) is 15.5 Å². The van der Waals surface area contributed by atoms with Crippen molar-refractivity contribution in [3.63, 3.8) is 0 Å². The molecule has 2 rings (SSSR count). The molecule has 0 aliphatic heterocycles. The highest BCUT2D eigenvalue weighted by Crippen LogP contribution is 2.25. The normalized spacial score (nSPS) is 19.4. The van der Waals surface area contributed by atoms with Crippen molar-refractivity contribution in [2.45, 2.75) is 51.5 Å². The molecule has 1 fully saturated rings. The molecule has 1 N–H and O–H groups in total. The zero-order valence-electron chi connectivity index (χ0n) is 11.4. The molecule has 1 heterocycles. The number of allylic oxidation sites excluding steroid dienone is 1. The van der Waals surface area contributed by atoms with Crippen LogP contribution in [0.2, 0.25) is 0 Å². The van der Waals surface area contributed by atoms with Crippen LogP contribution in [0.3, 0.4) is 0 Å². The summed E-state index contributed by atoms with van der Waals surface area (Å²) in [5.74, 6) is 2.12. The molecule has 0 saturated heterocycles. The average Bonchev–Trinajstić information content (AvgIpc) is 2.85. The molecular weight excluding hydrogens is 226 g/mol. The SMILES string of the molecule is CNC(C)Cc1noc(/C=C/C2CCCCC2)n1. The Bertz CT molecular complexity index is 380. The monoisotopic (exact) mass is 249 g/mol. The van der Waals surface area contributed by atoms with E-state index in [2.05, 4.69) is 28.5 Å². The summed E-state index contributed by atoms with van der Waals surface area (Å²) >= 11 is 0. The van der Waals surface area contributed by atoms with Crippen LogP contribution in [0.1, 0.15) is 50.7 Å². The number of rotatable bonds is 5. The van der Waals surface area contributed by atoms with E-state index in [1.165, 1.54) is 32.1 Å².